The first-order chi connectivity index (χ1) is 9.22. The van der Waals surface area contributed by atoms with Crippen molar-refractivity contribution in [3.05, 3.63) is 27.7 Å². The van der Waals surface area contributed by atoms with Gasteiger partial charge in [-0.1, -0.05) is 0 Å². The van der Waals surface area contributed by atoms with E-state index in [9.17, 15) is 0 Å². The zero-order valence-electron chi connectivity index (χ0n) is 11.2. The van der Waals surface area contributed by atoms with E-state index >= 15 is 0 Å². The van der Waals surface area contributed by atoms with Crippen molar-refractivity contribution in [1.82, 2.24) is 14.9 Å². The van der Waals surface area contributed by atoms with Crippen LogP contribution >= 0.6 is 22.7 Å². The minimum absolute atomic E-state index is 0.512. The van der Waals surface area contributed by atoms with Gasteiger partial charge in [0.2, 0.25) is 0 Å². The fourth-order valence-corrected chi connectivity index (χ4v) is 3.96. The number of piperazine rings is 1. The van der Waals surface area contributed by atoms with Gasteiger partial charge in [-0.15, -0.1) is 22.7 Å². The zero-order chi connectivity index (χ0) is 13.2. The molecule has 6 heteroatoms. The molecule has 1 atom stereocenters. The fourth-order valence-electron chi connectivity index (χ4n) is 2.48. The van der Waals surface area contributed by atoms with Crippen molar-refractivity contribution in [1.29, 1.82) is 0 Å². The van der Waals surface area contributed by atoms with Crippen molar-refractivity contribution in [3.63, 3.8) is 0 Å². The van der Waals surface area contributed by atoms with Crippen LogP contribution in [0.5, 0.6) is 0 Å². The Morgan fingerprint density at radius 1 is 1.37 bits per heavy atom. The fraction of sp³-hybridized carbons (Fsp3) is 0.538. The quantitative estimate of drug-likeness (QED) is 0.871. The second-order valence-corrected chi connectivity index (χ2v) is 6.58. The van der Waals surface area contributed by atoms with Crippen molar-refractivity contribution in [2.24, 2.45) is 0 Å². The molecule has 19 heavy (non-hydrogen) atoms. The lowest BCUT2D eigenvalue weighted by atomic mass is 10.2. The maximum Gasteiger partial charge on any atom is 0.185 e. The SMILES string of the molecule is Cc1csc(N2CCN(Cc3cscn3)C[C@@H]2C)n1. The number of nitrogens with zero attached hydrogens (tertiary/aromatic N) is 4. The van der Waals surface area contributed by atoms with Crippen molar-refractivity contribution in [2.75, 3.05) is 24.5 Å². The number of anilines is 1. The molecule has 102 valence electrons. The Bertz CT molecular complexity index is 522. The Balaban J connectivity index is 1.62. The lowest BCUT2D eigenvalue weighted by Gasteiger charge is -2.39. The van der Waals surface area contributed by atoms with Gasteiger partial charge in [0.25, 0.3) is 0 Å². The number of aromatic nitrogens is 2. The van der Waals surface area contributed by atoms with Gasteiger partial charge in [-0.2, -0.15) is 0 Å². The molecular weight excluding hydrogens is 276 g/mol. The van der Waals surface area contributed by atoms with E-state index in [2.05, 4.69) is 44.4 Å². The molecule has 1 saturated heterocycles. The highest BCUT2D eigenvalue weighted by molar-refractivity contribution is 7.13. The third kappa shape index (κ3) is 2.96. The van der Waals surface area contributed by atoms with Crippen molar-refractivity contribution in [2.45, 2.75) is 26.4 Å². The number of thiazole rings is 2. The van der Waals surface area contributed by atoms with Crippen LogP contribution in [0.1, 0.15) is 18.3 Å². The molecule has 2 aromatic rings. The summed E-state index contributed by atoms with van der Waals surface area (Å²) in [5.74, 6) is 0. The Morgan fingerprint density at radius 2 is 2.26 bits per heavy atom. The van der Waals surface area contributed by atoms with Gasteiger partial charge >= 0.3 is 0 Å². The highest BCUT2D eigenvalue weighted by Crippen LogP contribution is 2.25. The van der Waals surface area contributed by atoms with E-state index in [0.717, 1.165) is 31.9 Å². The molecular formula is C13H18N4S2. The molecule has 0 bridgehead atoms. The van der Waals surface area contributed by atoms with Gasteiger partial charge in [-0.3, -0.25) is 4.90 Å². The molecule has 3 rings (SSSR count). The zero-order valence-corrected chi connectivity index (χ0v) is 12.9. The van der Waals surface area contributed by atoms with Crippen LogP contribution in [0, 0.1) is 6.92 Å². The summed E-state index contributed by atoms with van der Waals surface area (Å²) in [7, 11) is 0. The monoisotopic (exact) mass is 294 g/mol. The van der Waals surface area contributed by atoms with E-state index in [0.29, 0.717) is 6.04 Å². The minimum atomic E-state index is 0.512. The van der Waals surface area contributed by atoms with Crippen molar-refractivity contribution in [3.8, 4) is 0 Å². The molecule has 0 amide bonds. The van der Waals surface area contributed by atoms with Crippen LogP contribution in [0.4, 0.5) is 5.13 Å². The van der Waals surface area contributed by atoms with Gasteiger partial charge in [0, 0.05) is 43.0 Å². The largest absolute Gasteiger partial charge is 0.343 e. The van der Waals surface area contributed by atoms with E-state index in [1.165, 1.54) is 10.8 Å². The Morgan fingerprint density at radius 3 is 2.89 bits per heavy atom. The van der Waals surface area contributed by atoms with E-state index in [-0.39, 0.29) is 0 Å². The van der Waals surface area contributed by atoms with Crippen LogP contribution in [0.25, 0.3) is 0 Å². The smallest absolute Gasteiger partial charge is 0.185 e. The summed E-state index contributed by atoms with van der Waals surface area (Å²) in [5, 5.41) is 5.43. The maximum atomic E-state index is 4.60. The Hall–Kier alpha value is -0.980. The van der Waals surface area contributed by atoms with Crippen molar-refractivity contribution >= 4 is 27.8 Å². The average Bonchev–Trinajstić information content (AvgIpc) is 3.01. The van der Waals surface area contributed by atoms with Gasteiger partial charge in [-0.25, -0.2) is 9.97 Å². The molecule has 0 spiro atoms. The van der Waals surface area contributed by atoms with Crippen LogP contribution in [-0.2, 0) is 6.54 Å². The highest BCUT2D eigenvalue weighted by Gasteiger charge is 2.25. The van der Waals surface area contributed by atoms with Gasteiger partial charge in [0.05, 0.1) is 16.9 Å². The van der Waals surface area contributed by atoms with Crippen LogP contribution in [0.15, 0.2) is 16.3 Å². The predicted octanol–water partition coefficient (Wildman–Crippen LogP) is 2.62. The maximum absolute atomic E-state index is 4.60. The van der Waals surface area contributed by atoms with Crippen LogP contribution in [-0.4, -0.2) is 40.5 Å². The standard InChI is InChI=1S/C13H18N4S2/c1-10-7-19-13(15-10)17-4-3-16(5-11(17)2)6-12-8-18-9-14-12/h7-9,11H,3-6H2,1-2H3/t11-/m0/s1. The van der Waals surface area contributed by atoms with Crippen molar-refractivity contribution < 1.29 is 0 Å². The normalized spacial score (nSPS) is 20.9. The van der Waals surface area contributed by atoms with Crippen LogP contribution in [0.3, 0.4) is 0 Å². The summed E-state index contributed by atoms with van der Waals surface area (Å²) >= 11 is 3.42. The summed E-state index contributed by atoms with van der Waals surface area (Å²) in [6.07, 6.45) is 0. The molecule has 3 heterocycles. The third-order valence-electron chi connectivity index (χ3n) is 3.43. The molecule has 1 aliphatic rings. The molecule has 0 aromatic carbocycles. The van der Waals surface area contributed by atoms with Gasteiger partial charge in [0.15, 0.2) is 5.13 Å². The number of rotatable bonds is 3. The first-order valence-corrected chi connectivity index (χ1v) is 8.33. The van der Waals surface area contributed by atoms with Gasteiger partial charge in [0.1, 0.15) is 0 Å². The predicted molar refractivity (Wildman–Crippen MR) is 81.1 cm³/mol. The highest BCUT2D eigenvalue weighted by atomic mass is 32.1. The average molecular weight is 294 g/mol. The molecule has 0 aliphatic carbocycles. The molecule has 0 saturated carbocycles. The number of hydrogen-bond acceptors (Lipinski definition) is 6. The molecule has 4 nitrogen and oxygen atoms in total. The Labute approximate surface area is 121 Å². The summed E-state index contributed by atoms with van der Waals surface area (Å²) in [6.45, 7) is 8.53. The molecule has 0 N–H and O–H groups in total. The molecule has 1 aliphatic heterocycles. The third-order valence-corrected chi connectivity index (χ3v) is 5.06. The second kappa shape index (κ2) is 5.56. The Kier molecular flexibility index (Phi) is 3.81. The van der Waals surface area contributed by atoms with E-state index in [1.807, 2.05) is 5.51 Å². The number of hydrogen-bond donors (Lipinski definition) is 0. The summed E-state index contributed by atoms with van der Waals surface area (Å²) < 4.78 is 0. The van der Waals surface area contributed by atoms with Crippen LogP contribution in [0.2, 0.25) is 0 Å². The summed E-state index contributed by atoms with van der Waals surface area (Å²) in [6, 6.07) is 0.512. The summed E-state index contributed by atoms with van der Waals surface area (Å²) in [5.41, 5.74) is 4.22. The van der Waals surface area contributed by atoms with E-state index < -0.39 is 0 Å². The van der Waals surface area contributed by atoms with E-state index in [1.54, 1.807) is 22.7 Å². The summed E-state index contributed by atoms with van der Waals surface area (Å²) in [4.78, 5) is 13.9. The van der Waals surface area contributed by atoms with Crippen LogP contribution < -0.4 is 4.90 Å². The minimum Gasteiger partial charge on any atom is -0.343 e. The topological polar surface area (TPSA) is 32.3 Å². The molecule has 2 aromatic heterocycles. The van der Waals surface area contributed by atoms with Gasteiger partial charge < -0.3 is 4.90 Å². The van der Waals surface area contributed by atoms with Gasteiger partial charge in [-0.05, 0) is 13.8 Å². The first kappa shape index (κ1) is 13.0. The molecule has 0 radical (unpaired) electrons. The van der Waals surface area contributed by atoms with E-state index in [4.69, 9.17) is 0 Å². The first-order valence-electron chi connectivity index (χ1n) is 6.50. The lowest BCUT2D eigenvalue weighted by molar-refractivity contribution is 0.219. The molecule has 0 unspecified atom stereocenters. The molecule has 1 fully saturated rings. The lowest BCUT2D eigenvalue weighted by Crippen LogP contribution is -2.51. The number of aryl methyl sites for hydroxylation is 1. The second-order valence-electron chi connectivity index (χ2n) is 5.03.